The number of hydrogen-bond donors (Lipinski definition) is 2. The highest BCUT2D eigenvalue weighted by Crippen LogP contribution is 2.31. The van der Waals surface area contributed by atoms with E-state index in [2.05, 4.69) is 9.97 Å². The van der Waals surface area contributed by atoms with E-state index >= 15 is 0 Å². The number of aromatic carboxylic acids is 1. The number of benzene rings is 3. The van der Waals surface area contributed by atoms with Crippen molar-refractivity contribution in [2.24, 2.45) is 0 Å². The second kappa shape index (κ2) is 9.28. The summed E-state index contributed by atoms with van der Waals surface area (Å²) >= 11 is 18.4. The average Bonchev–Trinajstić information content (AvgIpc) is 3.13. The largest absolute Gasteiger partial charge is 0.485 e. The number of fused-ring (bicyclic) bond motifs is 1. The highest BCUT2D eigenvalue weighted by Gasteiger charge is 2.14. The Hall–Kier alpha value is -2.93. The lowest BCUT2D eigenvalue weighted by atomic mass is 10.1. The summed E-state index contributed by atoms with van der Waals surface area (Å²) in [6.07, 6.45) is 0. The molecule has 0 radical (unpaired) electrons. The van der Waals surface area contributed by atoms with E-state index in [0.717, 1.165) is 16.6 Å². The number of carboxylic acid groups (broad SMARTS) is 1. The van der Waals surface area contributed by atoms with E-state index < -0.39 is 5.97 Å². The number of halogens is 3. The zero-order chi connectivity index (χ0) is 22.8. The second-order valence-corrected chi connectivity index (χ2v) is 8.33. The lowest BCUT2D eigenvalue weighted by Gasteiger charge is -2.14. The Morgan fingerprint density at radius 2 is 1.69 bits per heavy atom. The van der Waals surface area contributed by atoms with Crippen molar-refractivity contribution in [2.75, 3.05) is 0 Å². The molecule has 1 aromatic heterocycles. The molecule has 1 heterocycles. The maximum Gasteiger partial charge on any atom is 0.335 e. The van der Waals surface area contributed by atoms with Crippen LogP contribution in [0, 0.1) is 6.92 Å². The average molecular weight is 492 g/mol. The van der Waals surface area contributed by atoms with Crippen LogP contribution in [0.5, 0.6) is 11.5 Å². The van der Waals surface area contributed by atoms with Crippen molar-refractivity contribution in [3.8, 4) is 11.5 Å². The van der Waals surface area contributed by atoms with Gasteiger partial charge in [-0.2, -0.15) is 0 Å². The minimum Gasteiger partial charge on any atom is -0.485 e. The first-order valence-electron chi connectivity index (χ1n) is 9.52. The molecule has 0 bridgehead atoms. The van der Waals surface area contributed by atoms with Gasteiger partial charge >= 0.3 is 5.97 Å². The van der Waals surface area contributed by atoms with Crippen LogP contribution in [0.4, 0.5) is 0 Å². The number of aromatic amines is 1. The van der Waals surface area contributed by atoms with Crippen LogP contribution in [0.2, 0.25) is 15.1 Å². The van der Waals surface area contributed by atoms with Crippen LogP contribution in [-0.2, 0) is 13.2 Å². The van der Waals surface area contributed by atoms with E-state index in [1.54, 1.807) is 18.2 Å². The van der Waals surface area contributed by atoms with Crippen molar-refractivity contribution < 1.29 is 19.4 Å². The summed E-state index contributed by atoms with van der Waals surface area (Å²) < 4.78 is 11.8. The van der Waals surface area contributed by atoms with Crippen LogP contribution in [0.1, 0.15) is 27.3 Å². The summed E-state index contributed by atoms with van der Waals surface area (Å²) in [6, 6.07) is 13.4. The van der Waals surface area contributed by atoms with Crippen LogP contribution in [0.25, 0.3) is 11.0 Å². The number of imidazole rings is 1. The number of hydrogen-bond acceptors (Lipinski definition) is 4. The smallest absolute Gasteiger partial charge is 0.335 e. The Kier molecular flexibility index (Phi) is 6.46. The van der Waals surface area contributed by atoms with Gasteiger partial charge < -0.3 is 19.6 Å². The maximum atomic E-state index is 11.4. The fraction of sp³-hybridized carbons (Fsp3) is 0.130. The molecule has 0 unspecified atom stereocenters. The fourth-order valence-electron chi connectivity index (χ4n) is 3.07. The highest BCUT2D eigenvalue weighted by molar-refractivity contribution is 6.42. The van der Waals surface area contributed by atoms with Crippen molar-refractivity contribution in [3.05, 3.63) is 86.1 Å². The molecular formula is C23H17Cl3N2O4. The molecule has 0 spiro atoms. The quantitative estimate of drug-likeness (QED) is 0.301. The van der Waals surface area contributed by atoms with E-state index in [1.807, 2.05) is 25.1 Å². The Morgan fingerprint density at radius 3 is 2.44 bits per heavy atom. The number of aryl methyl sites for hydroxylation is 1. The third-order valence-corrected chi connectivity index (χ3v) is 5.79. The van der Waals surface area contributed by atoms with Gasteiger partial charge in [0.25, 0.3) is 0 Å². The molecule has 9 heteroatoms. The summed E-state index contributed by atoms with van der Waals surface area (Å²) in [7, 11) is 0. The number of carboxylic acids is 1. The molecule has 0 aliphatic carbocycles. The summed E-state index contributed by atoms with van der Waals surface area (Å²) in [5, 5.41) is 10.7. The highest BCUT2D eigenvalue weighted by atomic mass is 35.5. The number of rotatable bonds is 7. The molecule has 0 aliphatic rings. The van der Waals surface area contributed by atoms with E-state index in [1.165, 1.54) is 12.1 Å². The number of ether oxygens (including phenoxy) is 2. The molecule has 2 N–H and O–H groups in total. The van der Waals surface area contributed by atoms with Gasteiger partial charge in [0.15, 0.2) is 11.5 Å². The summed E-state index contributed by atoms with van der Waals surface area (Å²) in [4.78, 5) is 19.0. The van der Waals surface area contributed by atoms with Crippen LogP contribution in [-0.4, -0.2) is 21.0 Å². The van der Waals surface area contributed by atoms with Crippen molar-refractivity contribution in [1.82, 2.24) is 9.97 Å². The zero-order valence-electron chi connectivity index (χ0n) is 16.8. The summed E-state index contributed by atoms with van der Waals surface area (Å²) in [5.41, 5.74) is 3.27. The predicted octanol–water partition coefficient (Wildman–Crippen LogP) is 6.69. The molecule has 0 fully saturated rings. The molecule has 0 aliphatic heterocycles. The molecule has 0 saturated heterocycles. The normalized spacial score (nSPS) is 11.0. The van der Waals surface area contributed by atoms with Gasteiger partial charge in [0.1, 0.15) is 19.0 Å². The van der Waals surface area contributed by atoms with Gasteiger partial charge in [0.2, 0.25) is 0 Å². The monoisotopic (exact) mass is 490 g/mol. The number of nitrogens with zero attached hydrogens (tertiary/aromatic N) is 1. The van der Waals surface area contributed by atoms with E-state index in [0.29, 0.717) is 32.2 Å². The topological polar surface area (TPSA) is 84.4 Å². The molecule has 0 atom stereocenters. The Morgan fingerprint density at radius 1 is 0.938 bits per heavy atom. The van der Waals surface area contributed by atoms with Gasteiger partial charge in [0, 0.05) is 10.6 Å². The van der Waals surface area contributed by atoms with Crippen LogP contribution in [0.3, 0.4) is 0 Å². The number of aromatic nitrogens is 2. The van der Waals surface area contributed by atoms with Crippen LogP contribution in [0.15, 0.2) is 48.5 Å². The lowest BCUT2D eigenvalue weighted by Crippen LogP contribution is -2.04. The van der Waals surface area contributed by atoms with E-state index in [4.69, 9.17) is 44.3 Å². The Labute approximate surface area is 198 Å². The minimum atomic E-state index is -1.07. The van der Waals surface area contributed by atoms with Crippen molar-refractivity contribution in [2.45, 2.75) is 20.1 Å². The first-order chi connectivity index (χ1) is 15.3. The molecule has 164 valence electrons. The Bertz CT molecular complexity index is 1280. The summed E-state index contributed by atoms with van der Waals surface area (Å²) in [6.45, 7) is 2.19. The van der Waals surface area contributed by atoms with Gasteiger partial charge in [-0.1, -0.05) is 46.9 Å². The molecule has 0 amide bonds. The van der Waals surface area contributed by atoms with Gasteiger partial charge in [-0.15, -0.1) is 0 Å². The standard InChI is InChI=1S/C23H17Cl3N2O4/c1-12-2-3-14(15(24)6-12)10-31-21-7-13(23(29)30)4-5-20(21)32-11-22-27-18-8-16(25)17(26)9-19(18)28-22/h2-9H,10-11H2,1H3,(H,27,28)(H,29,30). The second-order valence-electron chi connectivity index (χ2n) is 7.11. The third kappa shape index (κ3) is 4.93. The van der Waals surface area contributed by atoms with Gasteiger partial charge in [-0.05, 0) is 48.9 Å². The number of H-pyrrole nitrogens is 1. The molecule has 3 aromatic carbocycles. The fourth-order valence-corrected chi connectivity index (χ4v) is 3.68. The maximum absolute atomic E-state index is 11.4. The minimum absolute atomic E-state index is 0.0790. The zero-order valence-corrected chi connectivity index (χ0v) is 19.1. The molecular weight excluding hydrogens is 475 g/mol. The molecule has 32 heavy (non-hydrogen) atoms. The third-order valence-electron chi connectivity index (χ3n) is 4.72. The van der Waals surface area contributed by atoms with E-state index in [9.17, 15) is 9.90 Å². The number of nitrogens with one attached hydrogen (secondary N) is 1. The van der Waals surface area contributed by atoms with Gasteiger partial charge in [-0.3, -0.25) is 0 Å². The first kappa shape index (κ1) is 22.3. The first-order valence-corrected chi connectivity index (χ1v) is 10.6. The lowest BCUT2D eigenvalue weighted by molar-refractivity contribution is 0.0696. The van der Waals surface area contributed by atoms with Gasteiger partial charge in [-0.25, -0.2) is 9.78 Å². The van der Waals surface area contributed by atoms with Crippen molar-refractivity contribution in [1.29, 1.82) is 0 Å². The molecule has 0 saturated carbocycles. The van der Waals surface area contributed by atoms with Gasteiger partial charge in [0.05, 0.1) is 26.6 Å². The summed E-state index contributed by atoms with van der Waals surface area (Å²) in [5.74, 6) is 0.132. The Balaban J connectivity index is 1.55. The molecule has 4 rings (SSSR count). The van der Waals surface area contributed by atoms with Crippen LogP contribution < -0.4 is 9.47 Å². The molecule has 4 aromatic rings. The number of carbonyl (C=O) groups is 1. The van der Waals surface area contributed by atoms with Crippen LogP contribution >= 0.6 is 34.8 Å². The predicted molar refractivity (Wildman–Crippen MR) is 124 cm³/mol. The van der Waals surface area contributed by atoms with Crippen molar-refractivity contribution in [3.63, 3.8) is 0 Å². The van der Waals surface area contributed by atoms with E-state index in [-0.39, 0.29) is 24.5 Å². The molecule has 6 nitrogen and oxygen atoms in total. The van der Waals surface area contributed by atoms with Crippen molar-refractivity contribution >= 4 is 51.8 Å². The SMILES string of the molecule is Cc1ccc(COc2cc(C(=O)O)ccc2OCc2nc3cc(Cl)c(Cl)cc3[nH]2)c(Cl)c1.